The Bertz CT molecular complexity index is 473. The summed E-state index contributed by atoms with van der Waals surface area (Å²) in [5.74, 6) is -2.48. The molecule has 0 N–H and O–H groups in total. The Balaban J connectivity index is 3.24. The zero-order chi connectivity index (χ0) is 16.5. The van der Waals surface area contributed by atoms with Gasteiger partial charge in [0.05, 0.1) is 11.9 Å². The molecule has 0 spiro atoms. The van der Waals surface area contributed by atoms with Gasteiger partial charge in [-0.15, -0.1) is 0 Å². The van der Waals surface area contributed by atoms with Crippen molar-refractivity contribution in [1.82, 2.24) is 0 Å². The first kappa shape index (κ1) is 18.2. The Kier molecular flexibility index (Phi) is 7.64. The summed E-state index contributed by atoms with van der Waals surface area (Å²) in [6.07, 6.45) is 6.83. The fourth-order valence-electron chi connectivity index (χ4n) is 2.75. The summed E-state index contributed by atoms with van der Waals surface area (Å²) in [4.78, 5) is 22.7. The molecule has 122 valence electrons. The van der Waals surface area contributed by atoms with Crippen LogP contribution in [0, 0.1) is 0 Å². The molecule has 0 aromatic heterocycles. The molecule has 0 aliphatic carbocycles. The third kappa shape index (κ3) is 4.86. The molecular formula is C18H24O4-2. The van der Waals surface area contributed by atoms with Crippen LogP contribution in [-0.2, 0) is 12.8 Å². The minimum atomic E-state index is -1.24. The number of carboxylic acids is 2. The van der Waals surface area contributed by atoms with E-state index in [2.05, 4.69) is 13.8 Å². The average Bonchev–Trinajstić information content (AvgIpc) is 2.47. The van der Waals surface area contributed by atoms with Crippen molar-refractivity contribution < 1.29 is 19.8 Å². The van der Waals surface area contributed by atoms with Gasteiger partial charge in [0.2, 0.25) is 0 Å². The molecule has 0 saturated carbocycles. The summed E-state index contributed by atoms with van der Waals surface area (Å²) in [6.45, 7) is 4.14. The van der Waals surface area contributed by atoms with Crippen molar-refractivity contribution in [3.63, 3.8) is 0 Å². The number of hydrogen-bond donors (Lipinski definition) is 0. The standard InChI is InChI=1S/C18H26O4/c1-3-5-7-9-13-14(10-8-6-4-2)16(18(21)22)12-11-15(13)17(19)20/h11-12H,3-10H2,1-2H3,(H,19,20)(H,21,22)/p-2. The molecule has 0 aliphatic rings. The SMILES string of the molecule is CCCCCc1c(C(=O)[O-])ccc(C(=O)[O-])c1CCCCC. The fraction of sp³-hybridized carbons (Fsp3) is 0.556. The average molecular weight is 304 g/mol. The van der Waals surface area contributed by atoms with Crippen LogP contribution >= 0.6 is 0 Å². The quantitative estimate of drug-likeness (QED) is 0.618. The second kappa shape index (κ2) is 9.23. The van der Waals surface area contributed by atoms with Crippen molar-refractivity contribution in [2.75, 3.05) is 0 Å². The van der Waals surface area contributed by atoms with E-state index in [-0.39, 0.29) is 11.1 Å². The van der Waals surface area contributed by atoms with E-state index in [0.29, 0.717) is 24.0 Å². The van der Waals surface area contributed by atoms with Gasteiger partial charge in [-0.25, -0.2) is 0 Å². The molecule has 0 unspecified atom stereocenters. The third-order valence-corrected chi connectivity index (χ3v) is 3.93. The van der Waals surface area contributed by atoms with Gasteiger partial charge in [-0.05, 0) is 36.8 Å². The molecule has 0 atom stereocenters. The molecular weight excluding hydrogens is 280 g/mol. The van der Waals surface area contributed by atoms with Gasteiger partial charge in [0.1, 0.15) is 0 Å². The van der Waals surface area contributed by atoms with Crippen molar-refractivity contribution in [3.05, 3.63) is 34.4 Å². The summed E-state index contributed by atoms with van der Waals surface area (Å²) in [5, 5.41) is 22.7. The van der Waals surface area contributed by atoms with Crippen molar-refractivity contribution in [2.24, 2.45) is 0 Å². The van der Waals surface area contributed by atoms with Gasteiger partial charge in [-0.3, -0.25) is 0 Å². The van der Waals surface area contributed by atoms with Gasteiger partial charge in [0, 0.05) is 11.1 Å². The third-order valence-electron chi connectivity index (χ3n) is 3.93. The minimum Gasteiger partial charge on any atom is -0.545 e. The molecule has 0 saturated heterocycles. The smallest absolute Gasteiger partial charge is 0.0718 e. The summed E-state index contributed by atoms with van der Waals surface area (Å²) < 4.78 is 0. The Morgan fingerprint density at radius 1 is 0.773 bits per heavy atom. The van der Waals surface area contributed by atoms with E-state index in [1.54, 1.807) is 0 Å². The molecule has 0 amide bonds. The molecule has 1 rings (SSSR count). The highest BCUT2D eigenvalue weighted by Crippen LogP contribution is 2.24. The molecule has 4 nitrogen and oxygen atoms in total. The van der Waals surface area contributed by atoms with Gasteiger partial charge in [0.15, 0.2) is 0 Å². The van der Waals surface area contributed by atoms with Crippen LogP contribution in [0.5, 0.6) is 0 Å². The van der Waals surface area contributed by atoms with E-state index in [4.69, 9.17) is 0 Å². The van der Waals surface area contributed by atoms with Crippen LogP contribution in [-0.4, -0.2) is 11.9 Å². The molecule has 1 aromatic carbocycles. The molecule has 4 heteroatoms. The normalized spacial score (nSPS) is 10.6. The van der Waals surface area contributed by atoms with E-state index in [1.807, 2.05) is 0 Å². The summed E-state index contributed by atoms with van der Waals surface area (Å²) in [6, 6.07) is 2.68. The van der Waals surface area contributed by atoms with E-state index in [1.165, 1.54) is 12.1 Å². The van der Waals surface area contributed by atoms with Crippen LogP contribution in [0.25, 0.3) is 0 Å². The number of aromatic carboxylic acids is 2. The fourth-order valence-corrected chi connectivity index (χ4v) is 2.75. The lowest BCUT2D eigenvalue weighted by atomic mass is 9.89. The van der Waals surface area contributed by atoms with E-state index in [0.717, 1.165) is 38.5 Å². The van der Waals surface area contributed by atoms with Crippen LogP contribution < -0.4 is 10.2 Å². The second-order valence-electron chi connectivity index (χ2n) is 5.61. The summed E-state index contributed by atoms with van der Waals surface area (Å²) >= 11 is 0. The molecule has 0 aliphatic heterocycles. The van der Waals surface area contributed by atoms with Gasteiger partial charge in [0.25, 0.3) is 0 Å². The van der Waals surface area contributed by atoms with E-state index < -0.39 is 11.9 Å². The van der Waals surface area contributed by atoms with Gasteiger partial charge in [-0.2, -0.15) is 0 Å². The first-order valence-electron chi connectivity index (χ1n) is 8.10. The summed E-state index contributed by atoms with van der Waals surface area (Å²) in [7, 11) is 0. The second-order valence-corrected chi connectivity index (χ2v) is 5.61. The topological polar surface area (TPSA) is 80.3 Å². The number of carbonyl (C=O) groups excluding carboxylic acids is 2. The van der Waals surface area contributed by atoms with Gasteiger partial charge >= 0.3 is 0 Å². The first-order valence-corrected chi connectivity index (χ1v) is 8.10. The number of carbonyl (C=O) groups is 2. The van der Waals surface area contributed by atoms with Crippen LogP contribution in [0.2, 0.25) is 0 Å². The Hall–Kier alpha value is -1.84. The Labute approximate surface area is 132 Å². The lowest BCUT2D eigenvalue weighted by Gasteiger charge is -2.20. The van der Waals surface area contributed by atoms with Crippen molar-refractivity contribution in [2.45, 2.75) is 65.2 Å². The predicted molar refractivity (Wildman–Crippen MR) is 81.6 cm³/mol. The lowest BCUT2D eigenvalue weighted by Crippen LogP contribution is -2.28. The minimum absolute atomic E-state index is 0.118. The van der Waals surface area contributed by atoms with Gasteiger partial charge in [-0.1, -0.05) is 51.7 Å². The number of hydrogen-bond acceptors (Lipinski definition) is 4. The first-order chi connectivity index (χ1) is 10.5. The number of unbranched alkanes of at least 4 members (excludes halogenated alkanes) is 4. The highest BCUT2D eigenvalue weighted by atomic mass is 16.4. The van der Waals surface area contributed by atoms with Crippen LogP contribution in [0.3, 0.4) is 0 Å². The number of rotatable bonds is 10. The molecule has 0 heterocycles. The van der Waals surface area contributed by atoms with Crippen LogP contribution in [0.4, 0.5) is 0 Å². The Morgan fingerprint density at radius 3 is 1.41 bits per heavy atom. The highest BCUT2D eigenvalue weighted by Gasteiger charge is 2.14. The molecule has 0 fully saturated rings. The highest BCUT2D eigenvalue weighted by molar-refractivity contribution is 5.93. The molecule has 22 heavy (non-hydrogen) atoms. The van der Waals surface area contributed by atoms with E-state index >= 15 is 0 Å². The predicted octanol–water partition coefficient (Wildman–Crippen LogP) is 1.88. The maximum absolute atomic E-state index is 11.3. The zero-order valence-corrected chi connectivity index (χ0v) is 13.4. The van der Waals surface area contributed by atoms with Crippen molar-refractivity contribution >= 4 is 11.9 Å². The van der Waals surface area contributed by atoms with Gasteiger partial charge < -0.3 is 19.8 Å². The maximum Gasteiger partial charge on any atom is 0.0718 e. The lowest BCUT2D eigenvalue weighted by molar-refractivity contribution is -0.256. The number of benzene rings is 1. The summed E-state index contributed by atoms with van der Waals surface area (Å²) in [5.41, 5.74) is 1.47. The number of carboxylic acid groups (broad SMARTS) is 2. The van der Waals surface area contributed by atoms with Crippen LogP contribution in [0.1, 0.15) is 84.2 Å². The molecule has 1 aromatic rings. The molecule has 0 bridgehead atoms. The largest absolute Gasteiger partial charge is 0.545 e. The van der Waals surface area contributed by atoms with Crippen molar-refractivity contribution in [1.29, 1.82) is 0 Å². The maximum atomic E-state index is 11.3. The van der Waals surface area contributed by atoms with Crippen LogP contribution in [0.15, 0.2) is 12.1 Å². The Morgan fingerprint density at radius 2 is 1.14 bits per heavy atom. The van der Waals surface area contributed by atoms with Crippen molar-refractivity contribution in [3.8, 4) is 0 Å². The monoisotopic (exact) mass is 304 g/mol. The zero-order valence-electron chi connectivity index (χ0n) is 13.4. The molecule has 0 radical (unpaired) electrons. The van der Waals surface area contributed by atoms with E-state index in [9.17, 15) is 19.8 Å².